The molecule has 0 bridgehead atoms. The van der Waals surface area contributed by atoms with Crippen molar-refractivity contribution in [2.24, 2.45) is 5.73 Å². The number of carbonyl (C=O) groups excluding carboxylic acids is 2. The minimum absolute atomic E-state index is 0. The molecule has 0 aliphatic heterocycles. The molecule has 2 aromatic carbocycles. The van der Waals surface area contributed by atoms with Crippen LogP contribution in [0, 0.1) is 0 Å². The van der Waals surface area contributed by atoms with Gasteiger partial charge in [-0.15, -0.1) is 23.7 Å². The van der Waals surface area contributed by atoms with Crippen LogP contribution in [0.4, 0.5) is 4.79 Å². The van der Waals surface area contributed by atoms with Gasteiger partial charge in [-0.3, -0.25) is 4.79 Å². The quantitative estimate of drug-likeness (QED) is 0.387. The van der Waals surface area contributed by atoms with Gasteiger partial charge in [0.25, 0.3) is 0 Å². The summed E-state index contributed by atoms with van der Waals surface area (Å²) in [4.78, 5) is 29.6. The summed E-state index contributed by atoms with van der Waals surface area (Å²) in [6.07, 6.45) is 1.39. The van der Waals surface area contributed by atoms with E-state index in [1.54, 1.807) is 0 Å². The van der Waals surface area contributed by atoms with Crippen LogP contribution in [0.1, 0.15) is 34.6 Å². The minimum atomic E-state index is -0.685. The molecule has 0 radical (unpaired) electrons. The summed E-state index contributed by atoms with van der Waals surface area (Å²) < 4.78 is 6.21. The molecule has 0 saturated heterocycles. The Kier molecular flexibility index (Phi) is 9.05. The molecule has 29 heavy (non-hydrogen) atoms. The third-order valence-corrected chi connectivity index (χ3v) is 5.32. The number of hydrogen-bond donors (Lipinski definition) is 2. The van der Waals surface area contributed by atoms with Crippen LogP contribution in [-0.4, -0.2) is 29.4 Å². The number of nitrogens with two attached hydrogens (primary N) is 1. The Morgan fingerprint density at radius 3 is 2.52 bits per heavy atom. The number of rotatable bonds is 9. The van der Waals surface area contributed by atoms with Gasteiger partial charge in [0, 0.05) is 0 Å². The number of para-hydroxylation sites is 1. The fourth-order valence-corrected chi connectivity index (χ4v) is 3.76. The van der Waals surface area contributed by atoms with E-state index < -0.39 is 12.1 Å². The first-order chi connectivity index (χ1) is 13.7. The molecule has 0 unspecified atom stereocenters. The molecule has 1 aromatic heterocycles. The van der Waals surface area contributed by atoms with Crippen LogP contribution in [0.3, 0.4) is 0 Å². The third kappa shape index (κ3) is 6.52. The predicted molar refractivity (Wildman–Crippen MR) is 118 cm³/mol. The Morgan fingerprint density at radius 1 is 1.07 bits per heavy atom. The molecule has 3 rings (SSSR count). The zero-order chi connectivity index (χ0) is 19.8. The maximum atomic E-state index is 13.0. The Morgan fingerprint density at radius 2 is 1.79 bits per heavy atom. The number of unbranched alkanes of at least 4 members (excludes halogenated alkanes) is 1. The van der Waals surface area contributed by atoms with E-state index in [0.717, 1.165) is 28.6 Å². The lowest BCUT2D eigenvalue weighted by Gasteiger charge is -2.16. The van der Waals surface area contributed by atoms with Gasteiger partial charge in [-0.25, -0.2) is 9.78 Å². The first kappa shape index (κ1) is 22.8. The lowest BCUT2D eigenvalue weighted by molar-refractivity contribution is 0.0909. The van der Waals surface area contributed by atoms with E-state index >= 15 is 0 Å². The van der Waals surface area contributed by atoms with Crippen molar-refractivity contribution in [3.8, 4) is 0 Å². The van der Waals surface area contributed by atoms with Crippen molar-refractivity contribution in [2.75, 3.05) is 6.54 Å². The maximum Gasteiger partial charge on any atom is 0.408 e. The van der Waals surface area contributed by atoms with Gasteiger partial charge in [0.05, 0.1) is 16.3 Å². The fraction of sp³-hybridized carbons (Fsp3) is 0.286. The average Bonchev–Trinajstić information content (AvgIpc) is 3.16. The highest BCUT2D eigenvalue weighted by Crippen LogP contribution is 2.23. The van der Waals surface area contributed by atoms with E-state index in [2.05, 4.69) is 10.3 Å². The Labute approximate surface area is 179 Å². The molecule has 3 aromatic rings. The molecule has 3 N–H and O–H groups in total. The van der Waals surface area contributed by atoms with Crippen molar-refractivity contribution < 1.29 is 14.3 Å². The number of nitrogens with zero attached hydrogens (tertiary/aromatic N) is 1. The summed E-state index contributed by atoms with van der Waals surface area (Å²) in [6.45, 7) is 0.692. The SMILES string of the molecule is Cl.NCCCC[C@H](NC(=O)OCc1ccccc1)C(=O)c1nc2ccccc2s1. The molecular formula is C21H24ClN3O3S. The van der Waals surface area contributed by atoms with E-state index in [0.29, 0.717) is 18.0 Å². The van der Waals surface area contributed by atoms with Gasteiger partial charge in [-0.05, 0) is 43.5 Å². The van der Waals surface area contributed by atoms with E-state index in [-0.39, 0.29) is 24.8 Å². The van der Waals surface area contributed by atoms with E-state index in [1.165, 1.54) is 11.3 Å². The maximum absolute atomic E-state index is 13.0. The van der Waals surface area contributed by atoms with E-state index in [4.69, 9.17) is 10.5 Å². The molecule has 1 heterocycles. The number of amides is 1. The highest BCUT2D eigenvalue weighted by Gasteiger charge is 2.25. The van der Waals surface area contributed by atoms with Crippen LogP contribution in [0.15, 0.2) is 54.6 Å². The smallest absolute Gasteiger partial charge is 0.408 e. The van der Waals surface area contributed by atoms with Crippen LogP contribution in [0.25, 0.3) is 10.2 Å². The van der Waals surface area contributed by atoms with Crippen LogP contribution >= 0.6 is 23.7 Å². The zero-order valence-electron chi connectivity index (χ0n) is 15.9. The van der Waals surface area contributed by atoms with Crippen LogP contribution < -0.4 is 11.1 Å². The molecule has 1 amide bonds. The van der Waals surface area contributed by atoms with Gasteiger partial charge in [0.15, 0.2) is 5.01 Å². The molecule has 0 spiro atoms. The molecular weight excluding hydrogens is 410 g/mol. The molecule has 1 atom stereocenters. The summed E-state index contributed by atoms with van der Waals surface area (Å²) >= 11 is 1.33. The van der Waals surface area contributed by atoms with Crippen molar-refractivity contribution in [2.45, 2.75) is 31.9 Å². The van der Waals surface area contributed by atoms with Gasteiger partial charge in [-0.2, -0.15) is 0 Å². The number of aromatic nitrogens is 1. The summed E-state index contributed by atoms with van der Waals surface area (Å²) in [5.41, 5.74) is 7.22. The number of alkyl carbamates (subject to hydrolysis) is 1. The standard InChI is InChI=1S/C21H23N3O3S.ClH/c22-13-7-6-11-17(24-21(26)27-14-15-8-2-1-3-9-15)19(25)20-23-16-10-4-5-12-18(16)28-20;/h1-5,8-10,12,17H,6-7,11,13-14,22H2,(H,24,26);1H/t17-;/m0./s1. The number of fused-ring (bicyclic) bond motifs is 1. The number of thiazole rings is 1. The Bertz CT molecular complexity index is 900. The summed E-state index contributed by atoms with van der Waals surface area (Å²) in [6, 6.07) is 16.3. The van der Waals surface area contributed by atoms with E-state index in [9.17, 15) is 9.59 Å². The second-order valence-electron chi connectivity index (χ2n) is 6.39. The fourth-order valence-electron chi connectivity index (χ4n) is 2.80. The molecule has 0 aliphatic carbocycles. The number of Topliss-reactive ketones (excluding diaryl/α,β-unsaturated/α-hetero) is 1. The van der Waals surface area contributed by atoms with Crippen LogP contribution in [0.5, 0.6) is 0 Å². The van der Waals surface area contributed by atoms with Crippen molar-refractivity contribution in [3.63, 3.8) is 0 Å². The second-order valence-corrected chi connectivity index (χ2v) is 7.42. The minimum Gasteiger partial charge on any atom is -0.445 e. The normalized spacial score (nSPS) is 11.5. The summed E-state index contributed by atoms with van der Waals surface area (Å²) in [5, 5.41) is 3.09. The Hall–Kier alpha value is -2.48. The number of halogens is 1. The molecule has 0 aliphatic rings. The number of ketones is 1. The molecule has 8 heteroatoms. The Balaban J connectivity index is 0.00000300. The van der Waals surface area contributed by atoms with Gasteiger partial charge >= 0.3 is 6.09 Å². The van der Waals surface area contributed by atoms with Gasteiger partial charge in [0.1, 0.15) is 6.61 Å². The van der Waals surface area contributed by atoms with Crippen molar-refractivity contribution in [1.29, 1.82) is 0 Å². The molecule has 6 nitrogen and oxygen atoms in total. The van der Waals surface area contributed by atoms with Crippen LogP contribution in [-0.2, 0) is 11.3 Å². The molecule has 154 valence electrons. The van der Waals surface area contributed by atoms with E-state index in [1.807, 2.05) is 54.6 Å². The summed E-state index contributed by atoms with van der Waals surface area (Å²) in [5.74, 6) is -0.199. The average molecular weight is 434 g/mol. The number of nitrogens with one attached hydrogen (secondary N) is 1. The number of carbonyl (C=O) groups is 2. The largest absolute Gasteiger partial charge is 0.445 e. The first-order valence-corrected chi connectivity index (χ1v) is 10.1. The highest BCUT2D eigenvalue weighted by atomic mass is 35.5. The number of benzene rings is 2. The van der Waals surface area contributed by atoms with Crippen molar-refractivity contribution >= 4 is 45.8 Å². The first-order valence-electron chi connectivity index (χ1n) is 9.24. The lowest BCUT2D eigenvalue weighted by Crippen LogP contribution is -2.41. The van der Waals surface area contributed by atoms with Crippen molar-refractivity contribution in [1.82, 2.24) is 10.3 Å². The van der Waals surface area contributed by atoms with Crippen molar-refractivity contribution in [3.05, 3.63) is 65.2 Å². The van der Waals surface area contributed by atoms with Gasteiger partial charge in [0.2, 0.25) is 5.78 Å². The number of hydrogen-bond acceptors (Lipinski definition) is 6. The number of ether oxygens (including phenoxy) is 1. The van der Waals surface area contributed by atoms with Crippen LogP contribution in [0.2, 0.25) is 0 Å². The summed E-state index contributed by atoms with van der Waals surface area (Å²) in [7, 11) is 0. The monoisotopic (exact) mass is 433 g/mol. The third-order valence-electron chi connectivity index (χ3n) is 4.27. The lowest BCUT2D eigenvalue weighted by atomic mass is 10.1. The predicted octanol–water partition coefficient (Wildman–Crippen LogP) is 4.32. The zero-order valence-corrected chi connectivity index (χ0v) is 17.5. The highest BCUT2D eigenvalue weighted by molar-refractivity contribution is 7.20. The second kappa shape index (κ2) is 11.5. The molecule has 0 saturated carbocycles. The van der Waals surface area contributed by atoms with Gasteiger partial charge in [-0.1, -0.05) is 42.5 Å². The topological polar surface area (TPSA) is 94.3 Å². The van der Waals surface area contributed by atoms with Gasteiger partial charge < -0.3 is 15.8 Å². The molecule has 0 fully saturated rings.